The van der Waals surface area contributed by atoms with Gasteiger partial charge in [-0.05, 0) is 26.2 Å². The highest BCUT2D eigenvalue weighted by Crippen LogP contribution is 2.22. The third-order valence-electron chi connectivity index (χ3n) is 2.40. The van der Waals surface area contributed by atoms with Crippen molar-refractivity contribution in [1.29, 1.82) is 0 Å². The number of hydrogen-bond donors (Lipinski definition) is 0. The summed E-state index contributed by atoms with van der Waals surface area (Å²) in [5, 5.41) is 5.28. The van der Waals surface area contributed by atoms with E-state index in [9.17, 15) is 0 Å². The Hall–Kier alpha value is -0.210. The molecule has 4 heteroatoms. The van der Waals surface area contributed by atoms with E-state index in [1.807, 2.05) is 18.7 Å². The molecule has 2 nitrogen and oxygen atoms in total. The van der Waals surface area contributed by atoms with Gasteiger partial charge in [0.25, 0.3) is 0 Å². The maximum atomic E-state index is 6.11. The van der Waals surface area contributed by atoms with Crippen LogP contribution in [0.15, 0.2) is 0 Å². The fourth-order valence-corrected chi connectivity index (χ4v) is 1.81. The fourth-order valence-electron chi connectivity index (χ4n) is 1.45. The second-order valence-electron chi connectivity index (χ2n) is 3.51. The number of halogens is 2. The highest BCUT2D eigenvalue weighted by atomic mass is 35.5. The van der Waals surface area contributed by atoms with E-state index in [1.54, 1.807) is 0 Å². The van der Waals surface area contributed by atoms with Crippen LogP contribution in [-0.2, 0) is 13.5 Å². The summed E-state index contributed by atoms with van der Waals surface area (Å²) in [6.07, 6.45) is 2.85. The van der Waals surface area contributed by atoms with Crippen molar-refractivity contribution in [2.24, 2.45) is 7.05 Å². The summed E-state index contributed by atoms with van der Waals surface area (Å²) in [7, 11) is 1.92. The molecule has 0 aliphatic heterocycles. The molecule has 0 aliphatic rings. The number of nitrogens with zero attached hydrogens (tertiary/aromatic N) is 2. The second-order valence-corrected chi connectivity index (χ2v) is 4.51. The van der Waals surface area contributed by atoms with Crippen LogP contribution in [0.2, 0.25) is 5.02 Å². The first-order chi connectivity index (χ1) is 6.56. The second kappa shape index (κ2) is 5.04. The molecule has 0 N–H and O–H groups in total. The normalized spacial score (nSPS) is 13.2. The summed E-state index contributed by atoms with van der Waals surface area (Å²) in [5.74, 6) is 0. The van der Waals surface area contributed by atoms with Gasteiger partial charge in [0.15, 0.2) is 0 Å². The summed E-state index contributed by atoms with van der Waals surface area (Å²) in [4.78, 5) is 0. The molecule has 0 aliphatic carbocycles. The zero-order valence-electron chi connectivity index (χ0n) is 8.85. The van der Waals surface area contributed by atoms with Crippen LogP contribution in [0.4, 0.5) is 0 Å². The van der Waals surface area contributed by atoms with E-state index in [0.717, 1.165) is 35.7 Å². The Morgan fingerprint density at radius 2 is 2.14 bits per heavy atom. The summed E-state index contributed by atoms with van der Waals surface area (Å²) >= 11 is 12.2. The van der Waals surface area contributed by atoms with Crippen molar-refractivity contribution in [3.63, 3.8) is 0 Å². The largest absolute Gasteiger partial charge is 0.271 e. The minimum atomic E-state index is 0.237. The van der Waals surface area contributed by atoms with Crippen LogP contribution in [0.25, 0.3) is 0 Å². The maximum absolute atomic E-state index is 6.11. The Morgan fingerprint density at radius 1 is 1.50 bits per heavy atom. The van der Waals surface area contributed by atoms with Crippen molar-refractivity contribution in [1.82, 2.24) is 9.78 Å². The Kier molecular flexibility index (Phi) is 4.27. The summed E-state index contributed by atoms with van der Waals surface area (Å²) in [5.41, 5.74) is 1.98. The van der Waals surface area contributed by atoms with Crippen LogP contribution >= 0.6 is 23.2 Å². The molecular formula is C10H16Cl2N2. The van der Waals surface area contributed by atoms with E-state index >= 15 is 0 Å². The van der Waals surface area contributed by atoms with Crippen LogP contribution in [-0.4, -0.2) is 15.2 Å². The summed E-state index contributed by atoms with van der Waals surface area (Å²) in [6, 6.07) is 0. The summed E-state index contributed by atoms with van der Waals surface area (Å²) < 4.78 is 1.84. The van der Waals surface area contributed by atoms with Crippen LogP contribution in [0.1, 0.15) is 31.2 Å². The Bertz CT molecular complexity index is 307. The van der Waals surface area contributed by atoms with Gasteiger partial charge in [-0.2, -0.15) is 5.10 Å². The number of hydrogen-bond acceptors (Lipinski definition) is 1. The highest BCUT2D eigenvalue weighted by Gasteiger charge is 2.12. The molecule has 1 aromatic heterocycles. The quantitative estimate of drug-likeness (QED) is 0.732. The van der Waals surface area contributed by atoms with E-state index in [-0.39, 0.29) is 5.38 Å². The first-order valence-corrected chi connectivity index (χ1v) is 5.69. The lowest BCUT2D eigenvalue weighted by atomic mass is 10.1. The molecule has 14 heavy (non-hydrogen) atoms. The van der Waals surface area contributed by atoms with Crippen molar-refractivity contribution < 1.29 is 0 Å². The van der Waals surface area contributed by atoms with Gasteiger partial charge in [0.2, 0.25) is 0 Å². The molecule has 0 saturated carbocycles. The molecule has 1 rings (SSSR count). The molecule has 0 spiro atoms. The van der Waals surface area contributed by atoms with Gasteiger partial charge in [-0.1, -0.05) is 18.5 Å². The van der Waals surface area contributed by atoms with Crippen molar-refractivity contribution in [3.05, 3.63) is 16.4 Å². The predicted octanol–water partition coefficient (Wildman–Crippen LogP) is 3.33. The standard InChI is InChI=1S/C10H16Cl2N2/c1-4-8(11)5-6-9-10(12)7(2)13-14(9)3/h8H,4-6H2,1-3H3. The number of aromatic nitrogens is 2. The van der Waals surface area contributed by atoms with Crippen LogP contribution in [0.3, 0.4) is 0 Å². The zero-order valence-corrected chi connectivity index (χ0v) is 10.4. The maximum Gasteiger partial charge on any atom is 0.0846 e. The van der Waals surface area contributed by atoms with E-state index in [4.69, 9.17) is 23.2 Å². The van der Waals surface area contributed by atoms with Gasteiger partial charge in [0, 0.05) is 12.4 Å². The molecule has 1 unspecified atom stereocenters. The molecule has 1 aromatic rings. The molecule has 0 saturated heterocycles. The lowest BCUT2D eigenvalue weighted by Crippen LogP contribution is -2.03. The summed E-state index contributed by atoms with van der Waals surface area (Å²) in [6.45, 7) is 4.01. The van der Waals surface area contributed by atoms with Crippen molar-refractivity contribution in [3.8, 4) is 0 Å². The minimum Gasteiger partial charge on any atom is -0.271 e. The SMILES string of the molecule is CCC(Cl)CCc1c(Cl)c(C)nn1C. The Morgan fingerprint density at radius 3 is 2.57 bits per heavy atom. The van der Waals surface area contributed by atoms with Crippen molar-refractivity contribution in [2.45, 2.75) is 38.5 Å². The predicted molar refractivity (Wildman–Crippen MR) is 61.2 cm³/mol. The Labute approximate surface area is 95.2 Å². The van der Waals surface area contributed by atoms with E-state index < -0.39 is 0 Å². The monoisotopic (exact) mass is 234 g/mol. The molecule has 0 bridgehead atoms. The average molecular weight is 235 g/mol. The Balaban J connectivity index is 2.67. The van der Waals surface area contributed by atoms with Crippen molar-refractivity contribution in [2.75, 3.05) is 0 Å². The number of aryl methyl sites for hydroxylation is 2. The molecule has 80 valence electrons. The lowest BCUT2D eigenvalue weighted by molar-refractivity contribution is 0.655. The third kappa shape index (κ3) is 2.64. The van der Waals surface area contributed by atoms with Gasteiger partial charge < -0.3 is 0 Å². The molecule has 0 amide bonds. The van der Waals surface area contributed by atoms with Gasteiger partial charge in [-0.15, -0.1) is 11.6 Å². The first kappa shape index (κ1) is 11.9. The van der Waals surface area contributed by atoms with E-state index in [2.05, 4.69) is 12.0 Å². The zero-order chi connectivity index (χ0) is 10.7. The highest BCUT2D eigenvalue weighted by molar-refractivity contribution is 6.31. The third-order valence-corrected chi connectivity index (χ3v) is 3.42. The fraction of sp³-hybridized carbons (Fsp3) is 0.700. The van der Waals surface area contributed by atoms with E-state index in [1.165, 1.54) is 0 Å². The van der Waals surface area contributed by atoms with Crippen LogP contribution in [0.5, 0.6) is 0 Å². The molecule has 1 heterocycles. The number of alkyl halides is 1. The van der Waals surface area contributed by atoms with E-state index in [0.29, 0.717) is 0 Å². The lowest BCUT2D eigenvalue weighted by Gasteiger charge is -2.06. The van der Waals surface area contributed by atoms with Crippen LogP contribution < -0.4 is 0 Å². The topological polar surface area (TPSA) is 17.8 Å². The first-order valence-electron chi connectivity index (χ1n) is 4.88. The molecule has 0 fully saturated rings. The van der Waals surface area contributed by atoms with Gasteiger partial charge in [0.05, 0.1) is 16.4 Å². The smallest absolute Gasteiger partial charge is 0.0846 e. The molecular weight excluding hydrogens is 219 g/mol. The molecule has 1 atom stereocenters. The van der Waals surface area contributed by atoms with Gasteiger partial charge >= 0.3 is 0 Å². The van der Waals surface area contributed by atoms with Gasteiger partial charge in [-0.25, -0.2) is 0 Å². The molecule has 0 aromatic carbocycles. The van der Waals surface area contributed by atoms with Crippen molar-refractivity contribution >= 4 is 23.2 Å². The van der Waals surface area contributed by atoms with Gasteiger partial charge in [0.1, 0.15) is 0 Å². The van der Waals surface area contributed by atoms with Gasteiger partial charge in [-0.3, -0.25) is 4.68 Å². The van der Waals surface area contributed by atoms with Crippen LogP contribution in [0, 0.1) is 6.92 Å². The average Bonchev–Trinajstić information content (AvgIpc) is 2.39. The molecule has 0 radical (unpaired) electrons. The minimum absolute atomic E-state index is 0.237. The number of rotatable bonds is 4.